The fourth-order valence-corrected chi connectivity index (χ4v) is 3.64. The largest absolute Gasteiger partial charge is 0.455 e. The van der Waals surface area contributed by atoms with Crippen LogP contribution in [0.3, 0.4) is 0 Å². The molecule has 29 heavy (non-hydrogen) atoms. The molecule has 1 amide bonds. The van der Waals surface area contributed by atoms with Crippen LogP contribution in [-0.2, 0) is 20.7 Å². The first-order chi connectivity index (χ1) is 14.1. The van der Waals surface area contributed by atoms with E-state index in [4.69, 9.17) is 20.8 Å². The van der Waals surface area contributed by atoms with E-state index in [1.54, 1.807) is 29.2 Å². The molecule has 0 saturated heterocycles. The smallest absolute Gasteiger partial charge is 0.316 e. The number of halogens is 1. The fourth-order valence-electron chi connectivity index (χ4n) is 2.96. The molecule has 2 aromatic carbocycles. The molecule has 0 aliphatic carbocycles. The predicted octanol–water partition coefficient (Wildman–Crippen LogP) is 3.61. The van der Waals surface area contributed by atoms with Gasteiger partial charge in [-0.15, -0.1) is 10.2 Å². The Bertz CT molecular complexity index is 1040. The lowest BCUT2D eigenvalue weighted by Gasteiger charge is -2.17. The second-order valence-corrected chi connectivity index (χ2v) is 7.62. The summed E-state index contributed by atoms with van der Waals surface area (Å²) in [4.78, 5) is 26.0. The van der Waals surface area contributed by atoms with Gasteiger partial charge in [0.05, 0.1) is 0 Å². The highest BCUT2D eigenvalue weighted by atomic mass is 35.5. The number of fused-ring (bicyclic) bond motifs is 1. The maximum absolute atomic E-state index is 12.4. The van der Waals surface area contributed by atoms with E-state index in [1.807, 2.05) is 24.3 Å². The number of benzene rings is 2. The number of amides is 1. The van der Waals surface area contributed by atoms with Crippen molar-refractivity contribution in [3.63, 3.8) is 0 Å². The topological polar surface area (TPSA) is 85.5 Å². The molecule has 0 radical (unpaired) electrons. The van der Waals surface area contributed by atoms with Crippen LogP contribution in [0.2, 0.25) is 5.02 Å². The molecule has 9 heteroatoms. The van der Waals surface area contributed by atoms with Crippen LogP contribution in [0.4, 0.5) is 5.69 Å². The molecule has 1 aliphatic heterocycles. The predicted molar refractivity (Wildman–Crippen MR) is 109 cm³/mol. The second kappa shape index (κ2) is 8.67. The van der Waals surface area contributed by atoms with Crippen molar-refractivity contribution >= 4 is 40.9 Å². The van der Waals surface area contributed by atoms with Gasteiger partial charge in [0.15, 0.2) is 6.61 Å². The molecule has 1 aliphatic rings. The summed E-state index contributed by atoms with van der Waals surface area (Å²) in [5, 5.41) is 8.70. The van der Waals surface area contributed by atoms with Gasteiger partial charge in [0, 0.05) is 22.8 Å². The van der Waals surface area contributed by atoms with Crippen LogP contribution in [0.25, 0.3) is 11.5 Å². The number of esters is 1. The molecule has 0 N–H and O–H groups in total. The monoisotopic (exact) mass is 429 g/mol. The van der Waals surface area contributed by atoms with Gasteiger partial charge in [-0.25, -0.2) is 0 Å². The van der Waals surface area contributed by atoms with Gasteiger partial charge in [0.25, 0.3) is 11.1 Å². The molecule has 0 atom stereocenters. The standard InChI is InChI=1S/C20H16ClN3O4S/c21-15-7-5-14(6-8-15)19-22-23-20(28-19)29-12-18(26)27-11-17(25)24-10-9-13-3-1-2-4-16(13)24/h1-8H,9-12H2. The third-order valence-electron chi connectivity index (χ3n) is 4.36. The highest BCUT2D eigenvalue weighted by molar-refractivity contribution is 7.99. The zero-order chi connectivity index (χ0) is 20.2. The highest BCUT2D eigenvalue weighted by Gasteiger charge is 2.25. The van der Waals surface area contributed by atoms with E-state index in [0.29, 0.717) is 17.5 Å². The highest BCUT2D eigenvalue weighted by Crippen LogP contribution is 2.27. The van der Waals surface area contributed by atoms with E-state index < -0.39 is 5.97 Å². The van der Waals surface area contributed by atoms with E-state index >= 15 is 0 Å². The molecule has 2 heterocycles. The van der Waals surface area contributed by atoms with Crippen LogP contribution in [0, 0.1) is 0 Å². The lowest BCUT2D eigenvalue weighted by atomic mass is 10.2. The van der Waals surface area contributed by atoms with Crippen molar-refractivity contribution in [2.24, 2.45) is 0 Å². The number of hydrogen-bond donors (Lipinski definition) is 0. The van der Waals surface area contributed by atoms with Crippen molar-refractivity contribution in [1.29, 1.82) is 0 Å². The molecule has 7 nitrogen and oxygen atoms in total. The number of hydrogen-bond acceptors (Lipinski definition) is 7. The maximum Gasteiger partial charge on any atom is 0.316 e. The van der Waals surface area contributed by atoms with Crippen molar-refractivity contribution in [2.45, 2.75) is 11.6 Å². The first kappa shape index (κ1) is 19.5. The number of thioether (sulfide) groups is 1. The maximum atomic E-state index is 12.4. The SMILES string of the molecule is O=C(CSc1nnc(-c2ccc(Cl)cc2)o1)OCC(=O)N1CCc2ccccc21. The molecule has 0 saturated carbocycles. The zero-order valence-electron chi connectivity index (χ0n) is 15.2. The lowest BCUT2D eigenvalue weighted by Crippen LogP contribution is -2.33. The van der Waals surface area contributed by atoms with Crippen LogP contribution >= 0.6 is 23.4 Å². The molecule has 3 aromatic rings. The molecule has 4 rings (SSSR count). The van der Waals surface area contributed by atoms with Crippen LogP contribution in [0.15, 0.2) is 58.2 Å². The normalized spacial score (nSPS) is 12.7. The van der Waals surface area contributed by atoms with Crippen LogP contribution in [0.5, 0.6) is 0 Å². The molecular weight excluding hydrogens is 414 g/mol. The summed E-state index contributed by atoms with van der Waals surface area (Å²) in [6.45, 7) is 0.299. The first-order valence-corrected chi connectivity index (χ1v) is 10.2. The van der Waals surface area contributed by atoms with Gasteiger partial charge in [-0.1, -0.05) is 41.6 Å². The number of nitrogens with zero attached hydrogens (tertiary/aromatic N) is 3. The zero-order valence-corrected chi connectivity index (χ0v) is 16.8. The quantitative estimate of drug-likeness (QED) is 0.437. The number of rotatable bonds is 6. The summed E-state index contributed by atoms with van der Waals surface area (Å²) >= 11 is 6.91. The minimum Gasteiger partial charge on any atom is -0.455 e. The van der Waals surface area contributed by atoms with Crippen molar-refractivity contribution in [2.75, 3.05) is 23.8 Å². The summed E-state index contributed by atoms with van der Waals surface area (Å²) in [5.41, 5.74) is 2.73. The molecule has 0 fully saturated rings. The second-order valence-electron chi connectivity index (χ2n) is 6.25. The van der Waals surface area contributed by atoms with Crippen molar-refractivity contribution in [1.82, 2.24) is 10.2 Å². The number of anilines is 1. The summed E-state index contributed by atoms with van der Waals surface area (Å²) in [6, 6.07) is 14.7. The van der Waals surface area contributed by atoms with Gasteiger partial charge in [0.2, 0.25) is 5.89 Å². The molecule has 1 aromatic heterocycles. The van der Waals surface area contributed by atoms with Gasteiger partial charge in [-0.05, 0) is 42.3 Å². The van der Waals surface area contributed by atoms with Crippen LogP contribution in [0.1, 0.15) is 5.56 Å². The van der Waals surface area contributed by atoms with Crippen molar-refractivity contribution in [3.05, 3.63) is 59.1 Å². The number of para-hydroxylation sites is 1. The van der Waals surface area contributed by atoms with Crippen molar-refractivity contribution < 1.29 is 18.7 Å². The van der Waals surface area contributed by atoms with Crippen LogP contribution in [-0.4, -0.2) is 41.0 Å². The third-order valence-corrected chi connectivity index (χ3v) is 5.40. The summed E-state index contributed by atoms with van der Waals surface area (Å²) < 4.78 is 10.6. The lowest BCUT2D eigenvalue weighted by molar-refractivity contribution is -0.145. The molecule has 0 unspecified atom stereocenters. The third kappa shape index (κ3) is 4.60. The van der Waals surface area contributed by atoms with E-state index in [2.05, 4.69) is 10.2 Å². The summed E-state index contributed by atoms with van der Waals surface area (Å²) in [6.07, 6.45) is 0.804. The number of ether oxygens (including phenoxy) is 1. The van der Waals surface area contributed by atoms with Gasteiger partial charge < -0.3 is 14.1 Å². The first-order valence-electron chi connectivity index (χ1n) is 8.86. The van der Waals surface area contributed by atoms with Gasteiger partial charge in [-0.3, -0.25) is 9.59 Å². The van der Waals surface area contributed by atoms with Gasteiger partial charge >= 0.3 is 5.97 Å². The molecular formula is C20H16ClN3O4S. The summed E-state index contributed by atoms with van der Waals surface area (Å²) in [5.74, 6) is -0.467. The van der Waals surface area contributed by atoms with E-state index in [9.17, 15) is 9.59 Å². The Labute approximate surface area is 176 Å². The van der Waals surface area contributed by atoms with E-state index in [1.165, 1.54) is 0 Å². The molecule has 0 bridgehead atoms. The average Bonchev–Trinajstić information content (AvgIpc) is 3.38. The Balaban J connectivity index is 1.26. The Morgan fingerprint density at radius 3 is 2.76 bits per heavy atom. The van der Waals surface area contributed by atoms with Gasteiger partial charge in [-0.2, -0.15) is 0 Å². The minimum absolute atomic E-state index is 0.0356. The summed E-state index contributed by atoms with van der Waals surface area (Å²) in [7, 11) is 0. The number of carbonyl (C=O) groups is 2. The molecule has 148 valence electrons. The Kier molecular flexibility index (Phi) is 5.82. The average molecular weight is 430 g/mol. The minimum atomic E-state index is -0.526. The van der Waals surface area contributed by atoms with Crippen LogP contribution < -0.4 is 4.90 Å². The Hall–Kier alpha value is -2.84. The van der Waals surface area contributed by atoms with E-state index in [-0.39, 0.29) is 23.5 Å². The van der Waals surface area contributed by atoms with Crippen molar-refractivity contribution in [3.8, 4) is 11.5 Å². The fraction of sp³-hybridized carbons (Fsp3) is 0.200. The Morgan fingerprint density at radius 2 is 1.93 bits per heavy atom. The van der Waals surface area contributed by atoms with Gasteiger partial charge in [0.1, 0.15) is 5.75 Å². The molecule has 0 spiro atoms. The number of carbonyl (C=O) groups excluding carboxylic acids is 2. The number of aromatic nitrogens is 2. The van der Waals surface area contributed by atoms with E-state index in [0.717, 1.165) is 35.0 Å². The Morgan fingerprint density at radius 1 is 1.14 bits per heavy atom.